The Labute approximate surface area is 159 Å². The molecule has 0 saturated carbocycles. The first-order valence-electron chi connectivity index (χ1n) is 8.14. The van der Waals surface area contributed by atoms with Crippen molar-refractivity contribution >= 4 is 29.5 Å². The highest BCUT2D eigenvalue weighted by atomic mass is 16.5. The van der Waals surface area contributed by atoms with E-state index in [0.29, 0.717) is 0 Å². The average molecular weight is 384 g/mol. The number of ether oxygens (including phenoxy) is 1. The van der Waals surface area contributed by atoms with Crippen molar-refractivity contribution in [2.24, 2.45) is 0 Å². The molecule has 0 amide bonds. The summed E-state index contributed by atoms with van der Waals surface area (Å²) in [7, 11) is 0. The fourth-order valence-electron chi connectivity index (χ4n) is 2.58. The van der Waals surface area contributed by atoms with E-state index in [1.807, 2.05) is 0 Å². The van der Waals surface area contributed by atoms with Crippen molar-refractivity contribution in [1.82, 2.24) is 0 Å². The summed E-state index contributed by atoms with van der Waals surface area (Å²) in [5, 5.41) is 18.4. The zero-order valence-electron chi connectivity index (χ0n) is 15.0. The van der Waals surface area contributed by atoms with Gasteiger partial charge in [0, 0.05) is 16.7 Å². The summed E-state index contributed by atoms with van der Waals surface area (Å²) >= 11 is 0. The molecule has 0 saturated heterocycles. The van der Waals surface area contributed by atoms with Crippen LogP contribution in [-0.4, -0.2) is 46.3 Å². The highest BCUT2D eigenvalue weighted by molar-refractivity contribution is 6.14. The Kier molecular flexibility index (Phi) is 6.04. The maximum atomic E-state index is 12.8. The van der Waals surface area contributed by atoms with E-state index in [1.165, 1.54) is 19.1 Å². The summed E-state index contributed by atoms with van der Waals surface area (Å²) in [6.07, 6.45) is 0. The summed E-state index contributed by atoms with van der Waals surface area (Å²) in [5.74, 6) is -4.69. The van der Waals surface area contributed by atoms with E-state index in [9.17, 15) is 29.1 Å². The zero-order chi connectivity index (χ0) is 21.0. The molecule has 8 nitrogen and oxygen atoms in total. The molecule has 0 fully saturated rings. The number of rotatable bonds is 7. The number of carboxylic acid groups (broad SMARTS) is 2. The summed E-state index contributed by atoms with van der Waals surface area (Å²) in [6, 6.07) is 6.98. The number of hydrogen-bond donors (Lipinski definition) is 2. The molecule has 0 unspecified atom stereocenters. The lowest BCUT2D eigenvalue weighted by atomic mass is 9.94. The maximum Gasteiger partial charge on any atom is 0.339 e. The van der Waals surface area contributed by atoms with Gasteiger partial charge in [-0.3, -0.25) is 9.59 Å². The van der Waals surface area contributed by atoms with Crippen LogP contribution in [-0.2, 0) is 4.74 Å². The Morgan fingerprint density at radius 2 is 1.25 bits per heavy atom. The minimum absolute atomic E-state index is 0.00868. The van der Waals surface area contributed by atoms with Crippen molar-refractivity contribution in [3.8, 4) is 0 Å². The highest BCUT2D eigenvalue weighted by Crippen LogP contribution is 2.20. The second-order valence-corrected chi connectivity index (χ2v) is 5.74. The molecule has 28 heavy (non-hydrogen) atoms. The van der Waals surface area contributed by atoms with Crippen molar-refractivity contribution in [3.63, 3.8) is 0 Å². The van der Waals surface area contributed by atoms with Gasteiger partial charge in [0.2, 0.25) is 0 Å². The van der Waals surface area contributed by atoms with Gasteiger partial charge >= 0.3 is 17.9 Å². The van der Waals surface area contributed by atoms with Gasteiger partial charge in [0.05, 0.1) is 23.3 Å². The molecule has 0 aliphatic heterocycles. The quantitative estimate of drug-likeness (QED) is 0.549. The topological polar surface area (TPSA) is 135 Å². The Morgan fingerprint density at radius 3 is 1.68 bits per heavy atom. The van der Waals surface area contributed by atoms with Crippen LogP contribution in [0.2, 0.25) is 0 Å². The molecule has 2 aromatic rings. The minimum atomic E-state index is -1.35. The highest BCUT2D eigenvalue weighted by Gasteiger charge is 2.22. The Bertz CT molecular complexity index is 1000. The van der Waals surface area contributed by atoms with E-state index in [2.05, 4.69) is 0 Å². The Hall–Kier alpha value is -3.81. The number of carbonyl (C=O) groups excluding carboxylic acids is 3. The fraction of sp³-hybridized carbons (Fsp3) is 0.150. The Balaban J connectivity index is 2.55. The van der Waals surface area contributed by atoms with E-state index in [-0.39, 0.29) is 40.0 Å². The molecule has 0 radical (unpaired) electrons. The summed E-state index contributed by atoms with van der Waals surface area (Å²) in [4.78, 5) is 59.0. The van der Waals surface area contributed by atoms with Crippen LogP contribution in [0.1, 0.15) is 71.2 Å². The molecule has 0 aliphatic carbocycles. The van der Waals surface area contributed by atoms with Gasteiger partial charge in [-0.1, -0.05) is 12.1 Å². The number of carboxylic acids is 2. The minimum Gasteiger partial charge on any atom is -0.478 e. The fourth-order valence-corrected chi connectivity index (χ4v) is 2.58. The second kappa shape index (κ2) is 8.26. The standard InChI is InChI=1S/C20H16O8/c1-3-28-20(27)16-9-12(5-7-14(16)19(25)26)17(22)11-4-6-13(18(23)24)15(8-11)10(2)21/h4-9H,3H2,1-2H3,(H,23,24)(H,25,26). The summed E-state index contributed by atoms with van der Waals surface area (Å²) in [5.41, 5.74) is -0.961. The molecule has 2 aromatic carbocycles. The van der Waals surface area contributed by atoms with Crippen molar-refractivity contribution in [2.45, 2.75) is 13.8 Å². The van der Waals surface area contributed by atoms with E-state index < -0.39 is 29.5 Å². The van der Waals surface area contributed by atoms with Crippen molar-refractivity contribution < 1.29 is 38.9 Å². The second-order valence-electron chi connectivity index (χ2n) is 5.74. The predicted molar refractivity (Wildman–Crippen MR) is 96.2 cm³/mol. The molecule has 0 aromatic heterocycles. The van der Waals surface area contributed by atoms with Crippen molar-refractivity contribution in [3.05, 3.63) is 69.8 Å². The molecule has 0 aliphatic rings. The molecule has 144 valence electrons. The van der Waals surface area contributed by atoms with Crippen LogP contribution in [0.5, 0.6) is 0 Å². The predicted octanol–water partition coefficient (Wildman–Crippen LogP) is 2.69. The van der Waals surface area contributed by atoms with Crippen LogP contribution in [0.25, 0.3) is 0 Å². The lowest BCUT2D eigenvalue weighted by molar-refractivity contribution is 0.0514. The molecule has 2 rings (SSSR count). The van der Waals surface area contributed by atoms with Gasteiger partial charge in [-0.15, -0.1) is 0 Å². The average Bonchev–Trinajstić information content (AvgIpc) is 2.66. The third kappa shape index (κ3) is 4.12. The number of aromatic carboxylic acids is 2. The number of benzene rings is 2. The molecule has 0 heterocycles. The van der Waals surface area contributed by atoms with Crippen LogP contribution < -0.4 is 0 Å². The van der Waals surface area contributed by atoms with Crippen LogP contribution in [0.3, 0.4) is 0 Å². The van der Waals surface area contributed by atoms with E-state index in [4.69, 9.17) is 9.84 Å². The van der Waals surface area contributed by atoms with Crippen LogP contribution in [0.4, 0.5) is 0 Å². The van der Waals surface area contributed by atoms with E-state index in [1.54, 1.807) is 6.92 Å². The van der Waals surface area contributed by atoms with E-state index in [0.717, 1.165) is 24.3 Å². The Morgan fingerprint density at radius 1 is 0.786 bits per heavy atom. The van der Waals surface area contributed by atoms with Crippen molar-refractivity contribution in [1.29, 1.82) is 0 Å². The number of Topliss-reactive ketones (excluding diaryl/α,β-unsaturated/α-hetero) is 1. The first-order chi connectivity index (χ1) is 13.2. The van der Waals surface area contributed by atoms with Crippen LogP contribution in [0.15, 0.2) is 36.4 Å². The lowest BCUT2D eigenvalue weighted by Gasteiger charge is -2.09. The van der Waals surface area contributed by atoms with Gasteiger partial charge in [-0.05, 0) is 38.1 Å². The summed E-state index contributed by atoms with van der Waals surface area (Å²) < 4.78 is 4.83. The zero-order valence-corrected chi connectivity index (χ0v) is 15.0. The molecule has 2 N–H and O–H groups in total. The third-order valence-electron chi connectivity index (χ3n) is 3.90. The molecular weight excluding hydrogens is 368 g/mol. The molecular formula is C20H16O8. The first-order valence-corrected chi connectivity index (χ1v) is 8.14. The monoisotopic (exact) mass is 384 g/mol. The van der Waals surface area contributed by atoms with Gasteiger partial charge in [0.1, 0.15) is 0 Å². The summed E-state index contributed by atoms with van der Waals surface area (Å²) in [6.45, 7) is 2.76. The number of ketones is 2. The third-order valence-corrected chi connectivity index (χ3v) is 3.90. The van der Waals surface area contributed by atoms with Gasteiger partial charge < -0.3 is 14.9 Å². The van der Waals surface area contributed by atoms with Gasteiger partial charge in [0.25, 0.3) is 0 Å². The maximum absolute atomic E-state index is 12.8. The number of esters is 1. The molecule has 8 heteroatoms. The molecule has 0 spiro atoms. The smallest absolute Gasteiger partial charge is 0.339 e. The molecule has 0 atom stereocenters. The number of carbonyl (C=O) groups is 5. The first kappa shape index (κ1) is 20.5. The lowest BCUT2D eigenvalue weighted by Crippen LogP contribution is -2.14. The van der Waals surface area contributed by atoms with E-state index >= 15 is 0 Å². The van der Waals surface area contributed by atoms with Crippen molar-refractivity contribution in [2.75, 3.05) is 6.61 Å². The van der Waals surface area contributed by atoms with Gasteiger partial charge in [-0.25, -0.2) is 14.4 Å². The van der Waals surface area contributed by atoms with Crippen LogP contribution >= 0.6 is 0 Å². The normalized spacial score (nSPS) is 10.2. The number of hydrogen-bond acceptors (Lipinski definition) is 6. The molecule has 0 bridgehead atoms. The SMILES string of the molecule is CCOC(=O)c1cc(C(=O)c2ccc(C(=O)O)c(C(C)=O)c2)ccc1C(=O)O. The van der Waals surface area contributed by atoms with Gasteiger partial charge in [-0.2, -0.15) is 0 Å². The van der Waals surface area contributed by atoms with Gasteiger partial charge in [0.15, 0.2) is 11.6 Å². The largest absolute Gasteiger partial charge is 0.478 e. The van der Waals surface area contributed by atoms with Crippen LogP contribution in [0, 0.1) is 0 Å².